The van der Waals surface area contributed by atoms with Crippen LogP contribution in [0.2, 0.25) is 0 Å². The maximum absolute atomic E-state index is 5.87. The Morgan fingerprint density at radius 1 is 1.27 bits per heavy atom. The van der Waals surface area contributed by atoms with Crippen molar-refractivity contribution in [1.82, 2.24) is 24.4 Å². The van der Waals surface area contributed by atoms with Crippen molar-refractivity contribution in [3.8, 4) is 0 Å². The van der Waals surface area contributed by atoms with Gasteiger partial charge < -0.3 is 15.0 Å². The number of likely N-dealkylation sites (tertiary alicyclic amines) is 1. The first-order valence-corrected chi connectivity index (χ1v) is 8.05. The van der Waals surface area contributed by atoms with Gasteiger partial charge in [0.05, 0.1) is 18.5 Å². The summed E-state index contributed by atoms with van der Waals surface area (Å²) >= 11 is 0. The van der Waals surface area contributed by atoms with Gasteiger partial charge in [0, 0.05) is 25.7 Å². The molecule has 0 spiro atoms. The molecule has 1 aliphatic heterocycles. The lowest BCUT2D eigenvalue weighted by atomic mass is 9.88. The van der Waals surface area contributed by atoms with Gasteiger partial charge in [-0.1, -0.05) is 0 Å². The van der Waals surface area contributed by atoms with E-state index in [2.05, 4.69) is 31.3 Å². The molecule has 2 aliphatic rings. The van der Waals surface area contributed by atoms with E-state index < -0.39 is 0 Å². The van der Waals surface area contributed by atoms with Gasteiger partial charge in [0.15, 0.2) is 11.5 Å². The van der Waals surface area contributed by atoms with Gasteiger partial charge in [-0.15, -0.1) is 0 Å². The van der Waals surface area contributed by atoms with E-state index in [1.807, 2.05) is 6.33 Å². The Hall–Kier alpha value is -1.73. The molecule has 7 nitrogen and oxygen atoms in total. The van der Waals surface area contributed by atoms with Gasteiger partial charge in [-0.25, -0.2) is 15.0 Å². The molecular formula is C15H22N6O. The average Bonchev–Trinajstić information content (AvgIpc) is 3.09. The summed E-state index contributed by atoms with van der Waals surface area (Å²) in [5.74, 6) is 0.456. The van der Waals surface area contributed by atoms with Crippen LogP contribution in [0.3, 0.4) is 0 Å². The molecule has 3 heterocycles. The highest BCUT2D eigenvalue weighted by Crippen LogP contribution is 2.34. The fourth-order valence-electron chi connectivity index (χ4n) is 3.67. The van der Waals surface area contributed by atoms with Crippen LogP contribution in [0.1, 0.15) is 32.2 Å². The number of rotatable bonds is 4. The molecule has 1 aliphatic carbocycles. The highest BCUT2D eigenvalue weighted by atomic mass is 16.5. The number of nitrogens with zero attached hydrogens (tertiary/aromatic N) is 5. The van der Waals surface area contributed by atoms with Crippen LogP contribution >= 0.6 is 0 Å². The minimum Gasteiger partial charge on any atom is -0.382 e. The molecule has 2 N–H and O–H groups in total. The first-order valence-electron chi connectivity index (χ1n) is 8.05. The fraction of sp³-hybridized carbons (Fsp3) is 0.667. The van der Waals surface area contributed by atoms with Crippen molar-refractivity contribution >= 4 is 17.0 Å². The molecule has 2 aromatic heterocycles. The number of nitrogen functional groups attached to an aromatic ring is 1. The van der Waals surface area contributed by atoms with Crippen LogP contribution in [0.5, 0.6) is 0 Å². The Kier molecular flexibility index (Phi) is 3.46. The zero-order valence-corrected chi connectivity index (χ0v) is 12.9. The van der Waals surface area contributed by atoms with Crippen LogP contribution in [-0.4, -0.2) is 56.3 Å². The van der Waals surface area contributed by atoms with Crippen molar-refractivity contribution < 1.29 is 4.74 Å². The van der Waals surface area contributed by atoms with E-state index in [4.69, 9.17) is 10.5 Å². The van der Waals surface area contributed by atoms with E-state index in [1.165, 1.54) is 19.2 Å². The topological polar surface area (TPSA) is 82.1 Å². The van der Waals surface area contributed by atoms with Crippen molar-refractivity contribution in [2.75, 3.05) is 25.4 Å². The summed E-state index contributed by atoms with van der Waals surface area (Å²) in [6.07, 6.45) is 7.30. The maximum Gasteiger partial charge on any atom is 0.165 e. The van der Waals surface area contributed by atoms with Gasteiger partial charge in [-0.2, -0.15) is 0 Å². The zero-order chi connectivity index (χ0) is 15.1. The molecule has 1 atom stereocenters. The number of fused-ring (bicyclic) bond motifs is 1. The highest BCUT2D eigenvalue weighted by molar-refractivity contribution is 5.81. The molecule has 22 heavy (non-hydrogen) atoms. The standard InChI is InChI=1S/C15H22N6O/c1-2-22-12-5-11(6-12)20-4-3-10(7-20)21-9-19-13-14(16)17-8-18-15(13)21/h8-12H,2-7H2,1H3,(H2,16,17,18). The first-order chi connectivity index (χ1) is 10.8. The van der Waals surface area contributed by atoms with E-state index >= 15 is 0 Å². The summed E-state index contributed by atoms with van der Waals surface area (Å²) < 4.78 is 7.82. The number of hydrogen-bond acceptors (Lipinski definition) is 6. The predicted octanol–water partition coefficient (Wildman–Crippen LogP) is 1.22. The molecule has 1 saturated carbocycles. The molecule has 0 radical (unpaired) electrons. The third kappa shape index (κ3) is 2.24. The molecule has 118 valence electrons. The number of anilines is 1. The molecule has 2 aromatic rings. The summed E-state index contributed by atoms with van der Waals surface area (Å²) in [7, 11) is 0. The second-order valence-electron chi connectivity index (χ2n) is 6.22. The van der Waals surface area contributed by atoms with Crippen LogP contribution in [0, 0.1) is 0 Å². The van der Waals surface area contributed by atoms with Crippen molar-refractivity contribution in [3.63, 3.8) is 0 Å². The summed E-state index contributed by atoms with van der Waals surface area (Å²) in [5, 5.41) is 0. The lowest BCUT2D eigenvalue weighted by Gasteiger charge is -2.40. The molecule has 1 saturated heterocycles. The summed E-state index contributed by atoms with van der Waals surface area (Å²) in [5.41, 5.74) is 7.42. The number of imidazole rings is 1. The SMILES string of the molecule is CCOC1CC(N2CCC(n3cnc4c(N)ncnc43)C2)C1. The van der Waals surface area contributed by atoms with Gasteiger partial charge in [0.25, 0.3) is 0 Å². The third-order valence-electron chi connectivity index (χ3n) is 4.96. The number of ether oxygens (including phenoxy) is 1. The second kappa shape index (κ2) is 5.48. The van der Waals surface area contributed by atoms with Crippen molar-refractivity contribution in [1.29, 1.82) is 0 Å². The molecule has 1 unspecified atom stereocenters. The van der Waals surface area contributed by atoms with Crippen molar-refractivity contribution in [3.05, 3.63) is 12.7 Å². The van der Waals surface area contributed by atoms with Gasteiger partial charge in [-0.3, -0.25) is 4.90 Å². The van der Waals surface area contributed by atoms with E-state index in [0.29, 0.717) is 29.5 Å². The molecule has 0 amide bonds. The molecule has 7 heteroatoms. The Labute approximate surface area is 129 Å². The van der Waals surface area contributed by atoms with Gasteiger partial charge in [0.1, 0.15) is 11.8 Å². The molecular weight excluding hydrogens is 280 g/mol. The summed E-state index contributed by atoms with van der Waals surface area (Å²) in [6, 6.07) is 1.10. The zero-order valence-electron chi connectivity index (χ0n) is 12.9. The Balaban J connectivity index is 1.45. The minimum atomic E-state index is 0.422. The number of hydrogen-bond donors (Lipinski definition) is 1. The Bertz CT molecular complexity index is 665. The Morgan fingerprint density at radius 2 is 2.14 bits per heavy atom. The van der Waals surface area contributed by atoms with Gasteiger partial charge in [0.2, 0.25) is 0 Å². The van der Waals surface area contributed by atoms with Crippen molar-refractivity contribution in [2.45, 2.75) is 44.4 Å². The van der Waals surface area contributed by atoms with E-state index in [0.717, 1.165) is 31.8 Å². The summed E-state index contributed by atoms with van der Waals surface area (Å²) in [4.78, 5) is 15.3. The largest absolute Gasteiger partial charge is 0.382 e. The average molecular weight is 302 g/mol. The van der Waals surface area contributed by atoms with Crippen LogP contribution in [0.15, 0.2) is 12.7 Å². The molecule has 0 aromatic carbocycles. The Morgan fingerprint density at radius 3 is 2.95 bits per heavy atom. The number of nitrogens with two attached hydrogens (primary N) is 1. The van der Waals surface area contributed by atoms with E-state index in [1.54, 1.807) is 0 Å². The summed E-state index contributed by atoms with van der Waals surface area (Å²) in [6.45, 7) is 5.08. The quantitative estimate of drug-likeness (QED) is 0.914. The minimum absolute atomic E-state index is 0.422. The number of aromatic nitrogens is 4. The molecule has 4 rings (SSSR count). The normalized spacial score (nSPS) is 29.0. The fourth-order valence-corrected chi connectivity index (χ4v) is 3.67. The van der Waals surface area contributed by atoms with Crippen LogP contribution in [0.25, 0.3) is 11.2 Å². The smallest absolute Gasteiger partial charge is 0.165 e. The second-order valence-corrected chi connectivity index (χ2v) is 6.22. The van der Waals surface area contributed by atoms with Gasteiger partial charge >= 0.3 is 0 Å². The lowest BCUT2D eigenvalue weighted by molar-refractivity contribution is -0.0413. The van der Waals surface area contributed by atoms with Crippen molar-refractivity contribution in [2.24, 2.45) is 0 Å². The van der Waals surface area contributed by atoms with E-state index in [9.17, 15) is 0 Å². The first kappa shape index (κ1) is 13.9. The van der Waals surface area contributed by atoms with Crippen LogP contribution < -0.4 is 5.73 Å². The van der Waals surface area contributed by atoms with Gasteiger partial charge in [-0.05, 0) is 26.2 Å². The highest BCUT2D eigenvalue weighted by Gasteiger charge is 2.38. The lowest BCUT2D eigenvalue weighted by Crippen LogP contribution is -2.47. The monoisotopic (exact) mass is 302 g/mol. The maximum atomic E-state index is 5.87. The molecule has 0 bridgehead atoms. The van der Waals surface area contributed by atoms with Crippen LogP contribution in [-0.2, 0) is 4.74 Å². The van der Waals surface area contributed by atoms with Crippen LogP contribution in [0.4, 0.5) is 5.82 Å². The predicted molar refractivity (Wildman–Crippen MR) is 83.4 cm³/mol. The van der Waals surface area contributed by atoms with E-state index in [-0.39, 0.29) is 0 Å². The molecule has 2 fully saturated rings. The third-order valence-corrected chi connectivity index (χ3v) is 4.96.